The Bertz CT molecular complexity index is 1420. The molecular weight excluding hydrogens is 526 g/mol. The third-order valence-corrected chi connectivity index (χ3v) is 8.53. The van der Waals surface area contributed by atoms with Gasteiger partial charge in [0.25, 0.3) is 5.91 Å². The minimum Gasteiger partial charge on any atom is -0.508 e. The van der Waals surface area contributed by atoms with E-state index in [-0.39, 0.29) is 16.5 Å². The summed E-state index contributed by atoms with van der Waals surface area (Å²) >= 11 is 9.82. The molecule has 0 saturated heterocycles. The molecule has 2 aromatic heterocycles. The van der Waals surface area contributed by atoms with Crippen molar-refractivity contribution in [3.63, 3.8) is 0 Å². The molecule has 176 valence electrons. The van der Waals surface area contributed by atoms with Gasteiger partial charge in [0.15, 0.2) is 10.1 Å². The first-order valence-electron chi connectivity index (χ1n) is 10.3. The van der Waals surface area contributed by atoms with Crippen molar-refractivity contribution in [2.24, 2.45) is 0 Å². The number of hydrogen-bond acceptors (Lipinski definition) is 9. The van der Waals surface area contributed by atoms with E-state index >= 15 is 0 Å². The number of rotatable bonds is 7. The third-order valence-electron chi connectivity index (χ3n) is 5.28. The van der Waals surface area contributed by atoms with Gasteiger partial charge >= 0.3 is 0 Å². The molecule has 0 saturated carbocycles. The lowest BCUT2D eigenvalue weighted by Crippen LogP contribution is -2.30. The van der Waals surface area contributed by atoms with Gasteiger partial charge in [0.1, 0.15) is 5.75 Å². The van der Waals surface area contributed by atoms with Crippen molar-refractivity contribution < 1.29 is 19.8 Å². The second kappa shape index (κ2) is 9.82. The van der Waals surface area contributed by atoms with Crippen molar-refractivity contribution in [1.82, 2.24) is 10.2 Å². The number of anilines is 1. The van der Waals surface area contributed by atoms with Crippen LogP contribution in [-0.2, 0) is 10.5 Å². The first-order chi connectivity index (χ1) is 16.9. The van der Waals surface area contributed by atoms with E-state index in [4.69, 9.17) is 11.6 Å². The van der Waals surface area contributed by atoms with Crippen LogP contribution in [0.2, 0.25) is 5.02 Å². The Hall–Kier alpha value is -3.18. The Morgan fingerprint density at radius 1 is 1.06 bits per heavy atom. The van der Waals surface area contributed by atoms with Crippen LogP contribution >= 0.6 is 46.0 Å². The lowest BCUT2D eigenvalue weighted by Gasteiger charge is -2.24. The van der Waals surface area contributed by atoms with Gasteiger partial charge in [0.05, 0.1) is 16.5 Å². The molecule has 4 aromatic rings. The van der Waals surface area contributed by atoms with Gasteiger partial charge in [0, 0.05) is 10.8 Å². The minimum atomic E-state index is -0.917. The van der Waals surface area contributed by atoms with E-state index in [0.717, 1.165) is 5.56 Å². The SMILES string of the molecule is O=C(C1=C(O)C(=O)N(c2nnc(SCc3ccc(Cl)cc3)s2)C1c1ccc(O)cc1)c1cccs1. The molecule has 0 aliphatic carbocycles. The first kappa shape index (κ1) is 23.6. The van der Waals surface area contributed by atoms with E-state index in [1.807, 2.05) is 24.3 Å². The van der Waals surface area contributed by atoms with E-state index in [1.54, 1.807) is 29.6 Å². The Kier molecular flexibility index (Phi) is 6.61. The number of ketones is 1. The van der Waals surface area contributed by atoms with E-state index in [0.29, 0.717) is 25.6 Å². The molecule has 2 aromatic carbocycles. The van der Waals surface area contributed by atoms with Crippen molar-refractivity contribution in [2.75, 3.05) is 4.90 Å². The molecule has 0 bridgehead atoms. The van der Waals surface area contributed by atoms with Gasteiger partial charge in [-0.2, -0.15) is 0 Å². The normalized spacial score (nSPS) is 15.7. The second-order valence-corrected chi connectivity index (χ2v) is 11.1. The number of carbonyl (C=O) groups excluding carboxylic acids is 2. The lowest BCUT2D eigenvalue weighted by molar-refractivity contribution is -0.117. The maximum atomic E-state index is 13.3. The number of aliphatic hydroxyl groups excluding tert-OH is 1. The number of nitrogens with zero attached hydrogens (tertiary/aromatic N) is 3. The molecule has 1 aliphatic heterocycles. The van der Waals surface area contributed by atoms with Crippen LogP contribution in [0, 0.1) is 0 Å². The first-order valence-corrected chi connectivity index (χ1v) is 13.3. The maximum Gasteiger partial charge on any atom is 0.296 e. The predicted molar refractivity (Wildman–Crippen MR) is 138 cm³/mol. The Morgan fingerprint density at radius 3 is 2.49 bits per heavy atom. The summed E-state index contributed by atoms with van der Waals surface area (Å²) in [5, 5.41) is 31.6. The number of thiophene rings is 1. The number of carbonyl (C=O) groups is 2. The fourth-order valence-electron chi connectivity index (χ4n) is 3.63. The highest BCUT2D eigenvalue weighted by Crippen LogP contribution is 2.44. The molecule has 2 N–H and O–H groups in total. The van der Waals surface area contributed by atoms with Crippen molar-refractivity contribution >= 4 is 62.9 Å². The van der Waals surface area contributed by atoms with Gasteiger partial charge in [-0.25, -0.2) is 0 Å². The molecule has 5 rings (SSSR count). The molecule has 1 amide bonds. The smallest absolute Gasteiger partial charge is 0.296 e. The topological polar surface area (TPSA) is 104 Å². The van der Waals surface area contributed by atoms with Crippen LogP contribution in [0.3, 0.4) is 0 Å². The number of Topliss-reactive ketones (excluding diaryl/α,β-unsaturated/α-hetero) is 1. The van der Waals surface area contributed by atoms with Gasteiger partial charge in [-0.3, -0.25) is 14.5 Å². The molecule has 0 radical (unpaired) electrons. The average Bonchev–Trinajstić information content (AvgIpc) is 3.60. The number of aliphatic hydroxyl groups is 1. The number of hydrogen-bond donors (Lipinski definition) is 2. The average molecular weight is 542 g/mol. The fraction of sp³-hybridized carbons (Fsp3) is 0.0833. The summed E-state index contributed by atoms with van der Waals surface area (Å²) in [6, 6.07) is 16.1. The number of phenolic OH excluding ortho intramolecular Hbond substituents is 1. The third kappa shape index (κ3) is 4.70. The summed E-state index contributed by atoms with van der Waals surface area (Å²) < 4.78 is 0.629. The van der Waals surface area contributed by atoms with Crippen molar-refractivity contribution in [2.45, 2.75) is 16.1 Å². The summed E-state index contributed by atoms with van der Waals surface area (Å²) in [4.78, 5) is 28.2. The number of halogens is 1. The van der Waals surface area contributed by atoms with Crippen LogP contribution in [0.5, 0.6) is 5.75 Å². The largest absolute Gasteiger partial charge is 0.508 e. The highest BCUT2D eigenvalue weighted by molar-refractivity contribution is 8.00. The molecule has 1 aliphatic rings. The minimum absolute atomic E-state index is 0.0336. The zero-order valence-electron chi connectivity index (χ0n) is 17.8. The molecular formula is C24H16ClN3O4S3. The van der Waals surface area contributed by atoms with Gasteiger partial charge in [-0.1, -0.05) is 65.0 Å². The predicted octanol–water partition coefficient (Wildman–Crippen LogP) is 6.03. The van der Waals surface area contributed by atoms with Gasteiger partial charge in [0.2, 0.25) is 10.9 Å². The van der Waals surface area contributed by atoms with Crippen LogP contribution in [0.25, 0.3) is 0 Å². The summed E-state index contributed by atoms with van der Waals surface area (Å²) in [6.45, 7) is 0. The van der Waals surface area contributed by atoms with Crippen molar-refractivity contribution in [1.29, 1.82) is 0 Å². The van der Waals surface area contributed by atoms with Crippen LogP contribution in [-0.4, -0.2) is 32.1 Å². The Balaban J connectivity index is 1.48. The van der Waals surface area contributed by atoms with Crippen molar-refractivity contribution in [3.8, 4) is 5.75 Å². The molecule has 11 heteroatoms. The summed E-state index contributed by atoms with van der Waals surface area (Å²) in [7, 11) is 0. The second-order valence-electron chi connectivity index (χ2n) is 7.50. The Labute approximate surface area is 217 Å². The molecule has 3 heterocycles. The van der Waals surface area contributed by atoms with Gasteiger partial charge in [-0.05, 0) is 46.8 Å². The number of amides is 1. The van der Waals surface area contributed by atoms with Crippen LogP contribution in [0.4, 0.5) is 5.13 Å². The van der Waals surface area contributed by atoms with Gasteiger partial charge in [-0.15, -0.1) is 21.5 Å². The zero-order valence-corrected chi connectivity index (χ0v) is 21.0. The molecule has 35 heavy (non-hydrogen) atoms. The summed E-state index contributed by atoms with van der Waals surface area (Å²) in [5.41, 5.74) is 1.57. The van der Waals surface area contributed by atoms with Crippen LogP contribution < -0.4 is 4.90 Å². The number of phenols is 1. The Morgan fingerprint density at radius 2 is 1.80 bits per heavy atom. The molecule has 7 nitrogen and oxygen atoms in total. The monoisotopic (exact) mass is 541 g/mol. The summed E-state index contributed by atoms with van der Waals surface area (Å²) in [5.74, 6) is -1.11. The van der Waals surface area contributed by atoms with E-state index in [2.05, 4.69) is 10.2 Å². The molecule has 1 unspecified atom stereocenters. The van der Waals surface area contributed by atoms with Crippen LogP contribution in [0.1, 0.15) is 26.8 Å². The molecule has 0 spiro atoms. The van der Waals surface area contributed by atoms with E-state index in [9.17, 15) is 19.8 Å². The quantitative estimate of drug-likeness (QED) is 0.167. The lowest BCUT2D eigenvalue weighted by atomic mass is 9.95. The van der Waals surface area contributed by atoms with Crippen LogP contribution in [0.15, 0.2) is 81.7 Å². The number of aromatic nitrogens is 2. The summed E-state index contributed by atoms with van der Waals surface area (Å²) in [6.07, 6.45) is 0. The standard InChI is InChI=1S/C24H16ClN3O4S3/c25-15-7-3-13(4-8-15)12-34-24-27-26-23(35-24)28-19(14-5-9-16(29)10-6-14)18(21(31)22(28)32)20(30)17-2-1-11-33-17/h1-11,19,29,31H,12H2. The zero-order chi connectivity index (χ0) is 24.5. The maximum absolute atomic E-state index is 13.3. The highest BCUT2D eigenvalue weighted by Gasteiger charge is 2.46. The number of aromatic hydroxyl groups is 1. The molecule has 0 fully saturated rings. The van der Waals surface area contributed by atoms with Crippen molar-refractivity contribution in [3.05, 3.63) is 98.4 Å². The fourth-order valence-corrected chi connectivity index (χ4v) is 6.26. The number of thioether (sulfide) groups is 1. The number of benzene rings is 2. The van der Waals surface area contributed by atoms with Gasteiger partial charge < -0.3 is 10.2 Å². The highest BCUT2D eigenvalue weighted by atomic mass is 35.5. The van der Waals surface area contributed by atoms with E-state index < -0.39 is 23.5 Å². The molecule has 1 atom stereocenters. The van der Waals surface area contributed by atoms with E-state index in [1.165, 1.54) is 51.5 Å².